The van der Waals surface area contributed by atoms with E-state index < -0.39 is 97.5 Å². The second kappa shape index (κ2) is 69.1. The number of esters is 4. The van der Waals surface area contributed by atoms with Crippen molar-refractivity contribution in [2.75, 3.05) is 39.6 Å². The van der Waals surface area contributed by atoms with Crippen molar-refractivity contribution in [1.82, 2.24) is 0 Å². The molecule has 19 heteroatoms. The van der Waals surface area contributed by atoms with E-state index in [2.05, 4.69) is 55.4 Å². The van der Waals surface area contributed by atoms with Crippen LogP contribution in [0.5, 0.6) is 0 Å². The summed E-state index contributed by atoms with van der Waals surface area (Å²) in [6.07, 6.45) is 55.6. The molecule has 0 aliphatic rings. The molecule has 17 nitrogen and oxygen atoms in total. The van der Waals surface area contributed by atoms with Crippen LogP contribution in [0, 0.1) is 23.7 Å². The Morgan fingerprint density at radius 1 is 0.253 bits per heavy atom. The fourth-order valence-electron chi connectivity index (χ4n) is 12.3. The van der Waals surface area contributed by atoms with Crippen LogP contribution in [0.3, 0.4) is 0 Å². The molecule has 0 saturated carbocycles. The van der Waals surface area contributed by atoms with Gasteiger partial charge >= 0.3 is 39.5 Å². The Labute approximate surface area is 607 Å². The van der Waals surface area contributed by atoms with Crippen molar-refractivity contribution < 1.29 is 80.2 Å². The third-order valence-corrected chi connectivity index (χ3v) is 20.5. The lowest BCUT2D eigenvalue weighted by Crippen LogP contribution is -2.30. The first-order valence-electron chi connectivity index (χ1n) is 41.2. The van der Waals surface area contributed by atoms with Gasteiger partial charge in [-0.25, -0.2) is 9.13 Å². The SMILES string of the molecule is CC(C)CCCCCCCCCCCCCCCCCCC(=O)O[C@H](COC(=O)CCCCCCCCCCCCCCCCC(C)C)COP(=O)(O)OCC(O)COP(=O)(O)OC[C@@H](COC(=O)CCCCCCCCCC(C)C)OC(=O)CCCCCCCCCCCCC(C)C. The van der Waals surface area contributed by atoms with Gasteiger partial charge in [0.25, 0.3) is 0 Å². The molecule has 5 atom stereocenters. The molecule has 0 radical (unpaired) electrons. The summed E-state index contributed by atoms with van der Waals surface area (Å²) in [6.45, 7) is 14.2. The minimum atomic E-state index is -4.96. The third kappa shape index (κ3) is 74.1. The van der Waals surface area contributed by atoms with Crippen LogP contribution >= 0.6 is 15.6 Å². The first kappa shape index (κ1) is 97.1. The van der Waals surface area contributed by atoms with E-state index in [9.17, 15) is 43.2 Å². The molecule has 0 rings (SSSR count). The number of unbranched alkanes of at least 4 members (excludes halogenated alkanes) is 43. The normalized spacial score (nSPS) is 14.1. The van der Waals surface area contributed by atoms with E-state index in [4.69, 9.17) is 37.0 Å². The molecule has 0 amide bonds. The highest BCUT2D eigenvalue weighted by atomic mass is 31.2. The Morgan fingerprint density at radius 2 is 0.424 bits per heavy atom. The summed E-state index contributed by atoms with van der Waals surface area (Å²) < 4.78 is 68.7. The van der Waals surface area contributed by atoms with Crippen LogP contribution < -0.4 is 0 Å². The van der Waals surface area contributed by atoms with Crippen LogP contribution in [0.1, 0.15) is 409 Å². The zero-order chi connectivity index (χ0) is 73.1. The Bertz CT molecular complexity index is 1940. The second-order valence-electron chi connectivity index (χ2n) is 30.7. The number of carbonyl (C=O) groups excluding carboxylic acids is 4. The Balaban J connectivity index is 5.24. The molecule has 3 unspecified atom stereocenters. The van der Waals surface area contributed by atoms with Gasteiger partial charge in [-0.05, 0) is 49.4 Å². The first-order chi connectivity index (χ1) is 47.6. The highest BCUT2D eigenvalue weighted by molar-refractivity contribution is 7.47. The van der Waals surface area contributed by atoms with Gasteiger partial charge in [0, 0.05) is 25.7 Å². The molecule has 0 heterocycles. The standard InChI is InChI=1S/C80H156O17P2/c1-70(2)56-48-40-32-25-19-15-11-9-10-12-18-22-29-37-46-54-62-79(84)96-75(66-90-77(82)60-52-44-36-28-21-17-14-13-16-20-26-33-41-49-57-71(3)4)68-94-98(86,87)92-64-74(81)65-93-99(88,89)95-69-76(67-91-78(83)61-53-45-39-31-35-43-51-59-73(7)8)97-80(85)63-55-47-38-30-24-23-27-34-42-50-58-72(5)6/h70-76,81H,9-69H2,1-8H3,(H,86,87)(H,88,89)/t74?,75-,76-/m1/s1. The quantitative estimate of drug-likeness (QED) is 0.0222. The minimum Gasteiger partial charge on any atom is -0.462 e. The van der Waals surface area contributed by atoms with Gasteiger partial charge in [-0.1, -0.05) is 357 Å². The molecule has 0 aromatic carbocycles. The monoisotopic (exact) mass is 1450 g/mol. The highest BCUT2D eigenvalue weighted by Gasteiger charge is 2.30. The number of rotatable bonds is 77. The number of ether oxygens (including phenoxy) is 4. The van der Waals surface area contributed by atoms with Gasteiger partial charge in [0.1, 0.15) is 19.3 Å². The molecule has 0 fully saturated rings. The minimum absolute atomic E-state index is 0.105. The third-order valence-electron chi connectivity index (χ3n) is 18.6. The number of aliphatic hydroxyl groups is 1. The number of phosphoric acid groups is 2. The van der Waals surface area contributed by atoms with Crippen LogP contribution in [0.4, 0.5) is 0 Å². The molecule has 0 aliphatic carbocycles. The fraction of sp³-hybridized carbons (Fsp3) is 0.950. The molecule has 0 spiro atoms. The number of phosphoric ester groups is 2. The molecule has 0 saturated heterocycles. The molecule has 0 aromatic heterocycles. The van der Waals surface area contributed by atoms with Gasteiger partial charge in [0.05, 0.1) is 26.4 Å². The fourth-order valence-corrected chi connectivity index (χ4v) is 13.8. The molecule has 588 valence electrons. The van der Waals surface area contributed by atoms with Gasteiger partial charge in [0.2, 0.25) is 0 Å². The van der Waals surface area contributed by atoms with Crippen molar-refractivity contribution in [3.63, 3.8) is 0 Å². The predicted molar refractivity (Wildman–Crippen MR) is 404 cm³/mol. The summed E-state index contributed by atoms with van der Waals surface area (Å²) in [4.78, 5) is 73.0. The van der Waals surface area contributed by atoms with E-state index >= 15 is 0 Å². The summed E-state index contributed by atoms with van der Waals surface area (Å²) in [5.41, 5.74) is 0. The maximum atomic E-state index is 13.1. The van der Waals surface area contributed by atoms with Crippen LogP contribution in [0.15, 0.2) is 0 Å². The van der Waals surface area contributed by atoms with Gasteiger partial charge in [-0.3, -0.25) is 37.3 Å². The molecule has 99 heavy (non-hydrogen) atoms. The zero-order valence-electron chi connectivity index (χ0n) is 65.1. The summed E-state index contributed by atoms with van der Waals surface area (Å²) in [5.74, 6) is 0.949. The molecule has 0 bridgehead atoms. The van der Waals surface area contributed by atoms with E-state index in [1.165, 1.54) is 205 Å². The van der Waals surface area contributed by atoms with Crippen molar-refractivity contribution in [3.8, 4) is 0 Å². The number of hydrogen-bond acceptors (Lipinski definition) is 15. The zero-order valence-corrected chi connectivity index (χ0v) is 66.9. The maximum absolute atomic E-state index is 13.1. The topological polar surface area (TPSA) is 237 Å². The smallest absolute Gasteiger partial charge is 0.462 e. The lowest BCUT2D eigenvalue weighted by atomic mass is 10.0. The molecule has 0 aromatic rings. The predicted octanol–water partition coefficient (Wildman–Crippen LogP) is 23.6. The maximum Gasteiger partial charge on any atom is 0.472 e. The number of aliphatic hydroxyl groups excluding tert-OH is 1. The van der Waals surface area contributed by atoms with Crippen molar-refractivity contribution in [1.29, 1.82) is 0 Å². The van der Waals surface area contributed by atoms with E-state index in [0.717, 1.165) is 114 Å². The van der Waals surface area contributed by atoms with Gasteiger partial charge in [-0.15, -0.1) is 0 Å². The lowest BCUT2D eigenvalue weighted by Gasteiger charge is -2.21. The Hall–Kier alpha value is -1.94. The molecular weight excluding hydrogens is 1290 g/mol. The summed E-state index contributed by atoms with van der Waals surface area (Å²) >= 11 is 0. The second-order valence-corrected chi connectivity index (χ2v) is 33.6. The number of hydrogen-bond donors (Lipinski definition) is 3. The van der Waals surface area contributed by atoms with Crippen molar-refractivity contribution >= 4 is 39.5 Å². The van der Waals surface area contributed by atoms with Crippen LogP contribution in [-0.4, -0.2) is 96.7 Å². The van der Waals surface area contributed by atoms with Crippen molar-refractivity contribution in [3.05, 3.63) is 0 Å². The summed E-state index contributed by atoms with van der Waals surface area (Å²) in [6, 6.07) is 0. The molecule has 3 N–H and O–H groups in total. The molecular formula is C80H156O17P2. The number of carbonyl (C=O) groups is 4. The Morgan fingerprint density at radius 3 is 0.626 bits per heavy atom. The summed E-state index contributed by atoms with van der Waals surface area (Å²) in [5, 5.41) is 10.6. The first-order valence-corrected chi connectivity index (χ1v) is 44.2. The van der Waals surface area contributed by atoms with E-state index in [0.29, 0.717) is 31.6 Å². The molecule has 0 aliphatic heterocycles. The van der Waals surface area contributed by atoms with Crippen molar-refractivity contribution in [2.24, 2.45) is 23.7 Å². The Kier molecular flexibility index (Phi) is 67.8. The average molecular weight is 1450 g/mol. The summed E-state index contributed by atoms with van der Waals surface area (Å²) in [7, 11) is -9.92. The van der Waals surface area contributed by atoms with E-state index in [1.807, 2.05) is 0 Å². The van der Waals surface area contributed by atoms with Crippen LogP contribution in [0.25, 0.3) is 0 Å². The van der Waals surface area contributed by atoms with Gasteiger partial charge in [0.15, 0.2) is 12.2 Å². The average Bonchev–Trinajstić information content (AvgIpc) is 0.979. The largest absolute Gasteiger partial charge is 0.472 e. The van der Waals surface area contributed by atoms with E-state index in [-0.39, 0.29) is 25.7 Å². The van der Waals surface area contributed by atoms with E-state index in [1.54, 1.807) is 0 Å². The van der Waals surface area contributed by atoms with Gasteiger partial charge in [-0.2, -0.15) is 0 Å². The van der Waals surface area contributed by atoms with Crippen LogP contribution in [-0.2, 0) is 65.4 Å². The highest BCUT2D eigenvalue weighted by Crippen LogP contribution is 2.45. The van der Waals surface area contributed by atoms with Crippen molar-refractivity contribution in [2.45, 2.75) is 427 Å². The van der Waals surface area contributed by atoms with Crippen LogP contribution in [0.2, 0.25) is 0 Å². The van der Waals surface area contributed by atoms with Gasteiger partial charge < -0.3 is 33.8 Å². The lowest BCUT2D eigenvalue weighted by molar-refractivity contribution is -0.161.